The Bertz CT molecular complexity index is 611. The monoisotopic (exact) mass is 301 g/mol. The summed E-state index contributed by atoms with van der Waals surface area (Å²) in [4.78, 5) is 11.0. The predicted octanol–water partition coefficient (Wildman–Crippen LogP) is -0.826. The third-order valence-electron chi connectivity index (χ3n) is 3.23. The summed E-state index contributed by atoms with van der Waals surface area (Å²) < 4.78 is 25.4. The van der Waals surface area contributed by atoms with Crippen molar-refractivity contribution < 1.29 is 28.5 Å². The number of carboxylic acid groups (broad SMARTS) is 1. The van der Waals surface area contributed by atoms with Crippen LogP contribution < -0.4 is 0 Å². The Morgan fingerprint density at radius 3 is 2.35 bits per heavy atom. The summed E-state index contributed by atoms with van der Waals surface area (Å²) in [6, 6.07) is 3.48. The zero-order valence-corrected chi connectivity index (χ0v) is 11.5. The third kappa shape index (κ3) is 2.42. The minimum Gasteiger partial charge on any atom is -0.480 e. The van der Waals surface area contributed by atoms with Gasteiger partial charge >= 0.3 is 5.97 Å². The van der Waals surface area contributed by atoms with Gasteiger partial charge in [-0.25, -0.2) is 8.42 Å². The van der Waals surface area contributed by atoms with E-state index in [-0.39, 0.29) is 4.90 Å². The van der Waals surface area contributed by atoms with E-state index < -0.39 is 40.8 Å². The van der Waals surface area contributed by atoms with E-state index in [0.29, 0.717) is 4.31 Å². The van der Waals surface area contributed by atoms with Crippen molar-refractivity contribution in [2.24, 2.45) is 0 Å². The van der Waals surface area contributed by atoms with Gasteiger partial charge in [0.25, 0.3) is 0 Å². The van der Waals surface area contributed by atoms with Crippen molar-refractivity contribution in [2.75, 3.05) is 6.61 Å². The summed E-state index contributed by atoms with van der Waals surface area (Å²) in [5.74, 6) is -1.35. The van der Waals surface area contributed by atoms with E-state index in [2.05, 4.69) is 0 Å². The minimum absolute atomic E-state index is 0.0398. The van der Waals surface area contributed by atoms with Crippen molar-refractivity contribution in [1.29, 1.82) is 0 Å². The molecule has 1 fully saturated rings. The van der Waals surface area contributed by atoms with Crippen molar-refractivity contribution in [2.45, 2.75) is 30.0 Å². The molecular weight excluding hydrogens is 286 g/mol. The van der Waals surface area contributed by atoms with Gasteiger partial charge in [-0.2, -0.15) is 4.31 Å². The van der Waals surface area contributed by atoms with Crippen molar-refractivity contribution in [1.82, 2.24) is 4.31 Å². The number of aliphatic hydroxyl groups is 2. The van der Waals surface area contributed by atoms with E-state index in [1.165, 1.54) is 12.1 Å². The highest BCUT2D eigenvalue weighted by atomic mass is 32.2. The van der Waals surface area contributed by atoms with E-state index in [1.54, 1.807) is 19.1 Å². The first-order valence-electron chi connectivity index (χ1n) is 5.92. The van der Waals surface area contributed by atoms with Crippen molar-refractivity contribution in [3.8, 4) is 0 Å². The zero-order valence-electron chi connectivity index (χ0n) is 10.7. The molecule has 1 aliphatic rings. The fourth-order valence-electron chi connectivity index (χ4n) is 2.11. The Labute approximate surface area is 116 Å². The Morgan fingerprint density at radius 1 is 1.35 bits per heavy atom. The Balaban J connectivity index is 2.34. The van der Waals surface area contributed by atoms with Crippen LogP contribution in [0.1, 0.15) is 5.56 Å². The maximum absolute atomic E-state index is 12.3. The van der Waals surface area contributed by atoms with E-state index in [1.807, 2.05) is 0 Å². The molecular formula is C12H15NO6S. The van der Waals surface area contributed by atoms with E-state index >= 15 is 0 Å². The van der Waals surface area contributed by atoms with Crippen LogP contribution in [0.5, 0.6) is 0 Å². The predicted molar refractivity (Wildman–Crippen MR) is 68.5 cm³/mol. The summed E-state index contributed by atoms with van der Waals surface area (Å²) in [5.41, 5.74) is 0.872. The molecule has 110 valence electrons. The van der Waals surface area contributed by atoms with Crippen LogP contribution >= 0.6 is 0 Å². The number of hydrogen-bond acceptors (Lipinski definition) is 5. The number of sulfonamides is 1. The van der Waals surface area contributed by atoms with Crippen LogP contribution in [0.4, 0.5) is 0 Å². The Morgan fingerprint density at radius 2 is 1.90 bits per heavy atom. The molecule has 8 heteroatoms. The van der Waals surface area contributed by atoms with E-state index in [0.717, 1.165) is 5.56 Å². The zero-order chi connectivity index (χ0) is 15.1. The molecule has 1 aromatic carbocycles. The van der Waals surface area contributed by atoms with Crippen molar-refractivity contribution in [3.05, 3.63) is 29.8 Å². The molecule has 0 amide bonds. The molecule has 20 heavy (non-hydrogen) atoms. The smallest absolute Gasteiger partial charge is 0.323 e. The van der Waals surface area contributed by atoms with Crippen LogP contribution in [0.3, 0.4) is 0 Å². The van der Waals surface area contributed by atoms with Crippen molar-refractivity contribution in [3.63, 3.8) is 0 Å². The fraction of sp³-hybridized carbons (Fsp3) is 0.417. The third-order valence-corrected chi connectivity index (χ3v) is 5.13. The highest BCUT2D eigenvalue weighted by Crippen LogP contribution is 2.38. The number of aliphatic carboxylic acids is 1. The average Bonchev–Trinajstić information content (AvgIpc) is 3.14. The fourth-order valence-corrected chi connectivity index (χ4v) is 3.87. The number of hydrogen-bond donors (Lipinski definition) is 3. The van der Waals surface area contributed by atoms with Gasteiger partial charge in [-0.1, -0.05) is 17.7 Å². The number of carbonyl (C=O) groups is 1. The topological polar surface area (TPSA) is 115 Å². The van der Waals surface area contributed by atoms with Crippen LogP contribution in [0, 0.1) is 6.92 Å². The number of aliphatic hydroxyl groups excluding tert-OH is 2. The molecule has 1 saturated heterocycles. The van der Waals surface area contributed by atoms with E-state index in [9.17, 15) is 18.3 Å². The van der Waals surface area contributed by atoms with Crippen LogP contribution in [0.15, 0.2) is 29.2 Å². The molecule has 7 nitrogen and oxygen atoms in total. The molecule has 1 aliphatic heterocycles. The summed E-state index contributed by atoms with van der Waals surface area (Å²) in [7, 11) is -4.00. The highest BCUT2D eigenvalue weighted by Gasteiger charge is 2.62. The summed E-state index contributed by atoms with van der Waals surface area (Å²) in [6.45, 7) is 1.10. The number of nitrogens with zero attached hydrogens (tertiary/aromatic N) is 1. The SMILES string of the molecule is Cc1ccc(S(=O)(=O)N2[C@@H]([C@H](O)CO)[C@H]2C(=O)O)cc1. The molecule has 4 atom stereocenters. The molecule has 1 unspecified atom stereocenters. The van der Waals surface area contributed by atoms with Gasteiger partial charge in [0, 0.05) is 0 Å². The van der Waals surface area contributed by atoms with Crippen LogP contribution in [-0.2, 0) is 14.8 Å². The summed E-state index contributed by atoms with van der Waals surface area (Å²) in [6.07, 6.45) is -1.42. The van der Waals surface area contributed by atoms with Crippen LogP contribution in [0.25, 0.3) is 0 Å². The molecule has 2 rings (SSSR count). The standard InChI is InChI=1S/C12H15NO6S/c1-7-2-4-8(5-3-7)20(18,19)13-10(9(15)6-14)11(13)12(16)17/h2-5,9-11,14-15H,6H2,1H3,(H,16,17)/t9-,10+,11+,13?/m1/s1. The van der Waals surface area contributed by atoms with Gasteiger partial charge in [0.05, 0.1) is 23.6 Å². The lowest BCUT2D eigenvalue weighted by atomic mass is 10.2. The normalized spacial score (nSPS) is 27.1. The molecule has 3 N–H and O–H groups in total. The van der Waals surface area contributed by atoms with Gasteiger partial charge in [0.15, 0.2) is 0 Å². The first-order chi connectivity index (χ1) is 9.30. The second-order valence-corrected chi connectivity index (χ2v) is 6.51. The van der Waals surface area contributed by atoms with E-state index in [4.69, 9.17) is 10.2 Å². The summed E-state index contributed by atoms with van der Waals surface area (Å²) >= 11 is 0. The largest absolute Gasteiger partial charge is 0.480 e. The molecule has 0 aromatic heterocycles. The molecule has 0 saturated carbocycles. The van der Waals surface area contributed by atoms with Gasteiger partial charge < -0.3 is 15.3 Å². The Kier molecular flexibility index (Phi) is 3.83. The number of aryl methyl sites for hydroxylation is 1. The molecule has 0 radical (unpaired) electrons. The Hall–Kier alpha value is -1.48. The lowest BCUT2D eigenvalue weighted by molar-refractivity contribution is -0.137. The maximum atomic E-state index is 12.3. The number of carboxylic acids is 1. The molecule has 1 aromatic rings. The minimum atomic E-state index is -4.00. The van der Waals surface area contributed by atoms with Gasteiger partial charge in [-0.3, -0.25) is 4.79 Å². The first kappa shape index (κ1) is 14.9. The summed E-state index contributed by atoms with van der Waals surface area (Å²) in [5, 5.41) is 27.4. The lowest BCUT2D eigenvalue weighted by Gasteiger charge is -2.08. The molecule has 0 bridgehead atoms. The van der Waals surface area contributed by atoms with Gasteiger partial charge in [-0.15, -0.1) is 0 Å². The second-order valence-electron chi connectivity index (χ2n) is 4.67. The van der Waals surface area contributed by atoms with Gasteiger partial charge in [0.1, 0.15) is 6.04 Å². The second kappa shape index (κ2) is 5.13. The van der Waals surface area contributed by atoms with Gasteiger partial charge in [0.2, 0.25) is 10.0 Å². The number of rotatable bonds is 5. The highest BCUT2D eigenvalue weighted by molar-refractivity contribution is 7.89. The average molecular weight is 301 g/mol. The molecule has 1 heterocycles. The van der Waals surface area contributed by atoms with Crippen molar-refractivity contribution >= 4 is 16.0 Å². The first-order valence-corrected chi connectivity index (χ1v) is 7.36. The van der Waals surface area contributed by atoms with Crippen LogP contribution in [-0.4, -0.2) is 58.8 Å². The quantitative estimate of drug-likeness (QED) is 0.612. The molecule has 0 spiro atoms. The van der Waals surface area contributed by atoms with Crippen LogP contribution in [0.2, 0.25) is 0 Å². The molecule has 0 aliphatic carbocycles. The van der Waals surface area contributed by atoms with Gasteiger partial charge in [-0.05, 0) is 19.1 Å². The lowest BCUT2D eigenvalue weighted by Crippen LogP contribution is -2.26. The maximum Gasteiger partial charge on any atom is 0.323 e. The number of benzene rings is 1.